The summed E-state index contributed by atoms with van der Waals surface area (Å²) in [7, 11) is 1.87. The molecule has 1 aromatic heterocycles. The van der Waals surface area contributed by atoms with Crippen molar-refractivity contribution in [1.82, 2.24) is 14.8 Å². The van der Waals surface area contributed by atoms with E-state index >= 15 is 0 Å². The van der Waals surface area contributed by atoms with Crippen LogP contribution < -0.4 is 0 Å². The Morgan fingerprint density at radius 1 is 1.46 bits per heavy atom. The van der Waals surface area contributed by atoms with Gasteiger partial charge in [-0.15, -0.1) is 0 Å². The second-order valence-electron chi connectivity index (χ2n) is 6.31. The summed E-state index contributed by atoms with van der Waals surface area (Å²) in [5.74, 6) is 1.48. The van der Waals surface area contributed by atoms with Crippen molar-refractivity contribution in [2.24, 2.45) is 0 Å². The summed E-state index contributed by atoms with van der Waals surface area (Å²) in [6.45, 7) is 6.08. The van der Waals surface area contributed by atoms with Gasteiger partial charge in [0.15, 0.2) is 0 Å². The third-order valence-corrected chi connectivity index (χ3v) is 4.99. The molecule has 2 aromatic rings. The van der Waals surface area contributed by atoms with E-state index in [1.807, 2.05) is 43.1 Å². The zero-order valence-corrected chi connectivity index (χ0v) is 15.0. The van der Waals surface area contributed by atoms with Gasteiger partial charge in [-0.3, -0.25) is 9.69 Å². The lowest BCUT2D eigenvalue weighted by molar-refractivity contribution is -0.129. The molecule has 0 aliphatic carbocycles. The van der Waals surface area contributed by atoms with Crippen molar-refractivity contribution < 1.29 is 9.21 Å². The van der Waals surface area contributed by atoms with Crippen LogP contribution in [0.15, 0.2) is 28.7 Å². The minimum Gasteiger partial charge on any atom is -0.441 e. The van der Waals surface area contributed by atoms with Gasteiger partial charge in [0.25, 0.3) is 0 Å². The minimum absolute atomic E-state index is 0.112. The number of hydrogen-bond acceptors (Lipinski definition) is 4. The smallest absolute Gasteiger partial charge is 0.228 e. The standard InChI is InChI=1S/C18H22ClN3O2/c1-12-17(11-22-9-8-14(10-22)21(3)13(2)23)20-18(24-12)15-6-4-5-7-16(15)19/h4-7,14H,8-11H2,1-3H3. The largest absolute Gasteiger partial charge is 0.441 e. The fraction of sp³-hybridized carbons (Fsp3) is 0.444. The fourth-order valence-electron chi connectivity index (χ4n) is 3.07. The van der Waals surface area contributed by atoms with Crippen LogP contribution in [0.1, 0.15) is 24.8 Å². The number of nitrogens with zero attached hydrogens (tertiary/aromatic N) is 3. The first kappa shape index (κ1) is 17.0. The average Bonchev–Trinajstić information content (AvgIpc) is 3.15. The van der Waals surface area contributed by atoms with Crippen molar-refractivity contribution in [2.75, 3.05) is 20.1 Å². The maximum Gasteiger partial charge on any atom is 0.228 e. The lowest BCUT2D eigenvalue weighted by Gasteiger charge is -2.23. The van der Waals surface area contributed by atoms with Crippen molar-refractivity contribution in [3.8, 4) is 11.5 Å². The monoisotopic (exact) mass is 347 g/mol. The molecule has 1 atom stereocenters. The van der Waals surface area contributed by atoms with Gasteiger partial charge < -0.3 is 9.32 Å². The highest BCUT2D eigenvalue weighted by Gasteiger charge is 2.28. The Labute approximate surface area is 147 Å². The third-order valence-electron chi connectivity index (χ3n) is 4.66. The van der Waals surface area contributed by atoms with E-state index in [0.29, 0.717) is 10.9 Å². The molecule has 1 fully saturated rings. The lowest BCUT2D eigenvalue weighted by Crippen LogP contribution is -2.37. The molecule has 3 rings (SSSR count). The predicted octanol–water partition coefficient (Wildman–Crippen LogP) is 3.36. The van der Waals surface area contributed by atoms with Crippen LogP contribution in [0.3, 0.4) is 0 Å². The summed E-state index contributed by atoms with van der Waals surface area (Å²) >= 11 is 6.23. The van der Waals surface area contributed by atoms with Crippen LogP contribution in [0, 0.1) is 6.92 Å². The van der Waals surface area contributed by atoms with Gasteiger partial charge in [-0.25, -0.2) is 4.98 Å². The molecular formula is C18H22ClN3O2. The van der Waals surface area contributed by atoms with Gasteiger partial charge in [-0.05, 0) is 25.5 Å². The summed E-state index contributed by atoms with van der Waals surface area (Å²) in [5.41, 5.74) is 1.74. The number of rotatable bonds is 4. The van der Waals surface area contributed by atoms with Gasteiger partial charge in [-0.1, -0.05) is 23.7 Å². The predicted molar refractivity (Wildman–Crippen MR) is 93.8 cm³/mol. The van der Waals surface area contributed by atoms with E-state index in [4.69, 9.17) is 16.0 Å². The maximum atomic E-state index is 11.5. The van der Waals surface area contributed by atoms with Crippen molar-refractivity contribution in [3.63, 3.8) is 0 Å². The summed E-state index contributed by atoms with van der Waals surface area (Å²) in [4.78, 5) is 20.3. The Morgan fingerprint density at radius 2 is 2.21 bits per heavy atom. The van der Waals surface area contributed by atoms with Crippen LogP contribution in [0.4, 0.5) is 0 Å². The van der Waals surface area contributed by atoms with Crippen molar-refractivity contribution in [2.45, 2.75) is 32.9 Å². The van der Waals surface area contributed by atoms with Crippen LogP contribution >= 0.6 is 11.6 Å². The molecule has 128 valence electrons. The third kappa shape index (κ3) is 3.47. The molecule has 1 aromatic carbocycles. The number of likely N-dealkylation sites (tertiary alicyclic amines) is 1. The number of carbonyl (C=O) groups is 1. The van der Waals surface area contributed by atoms with E-state index < -0.39 is 0 Å². The number of likely N-dealkylation sites (N-methyl/N-ethyl adjacent to an activating group) is 1. The molecule has 1 aliphatic rings. The Balaban J connectivity index is 1.71. The highest BCUT2D eigenvalue weighted by atomic mass is 35.5. The van der Waals surface area contributed by atoms with E-state index in [2.05, 4.69) is 9.88 Å². The van der Waals surface area contributed by atoms with Crippen molar-refractivity contribution >= 4 is 17.5 Å². The molecule has 1 amide bonds. The number of amides is 1. The van der Waals surface area contributed by atoms with E-state index in [1.54, 1.807) is 6.92 Å². The topological polar surface area (TPSA) is 49.6 Å². The minimum atomic E-state index is 0.112. The lowest BCUT2D eigenvalue weighted by atomic mass is 10.2. The van der Waals surface area contributed by atoms with Crippen molar-refractivity contribution in [3.05, 3.63) is 40.7 Å². The zero-order valence-electron chi connectivity index (χ0n) is 14.3. The van der Waals surface area contributed by atoms with Gasteiger partial charge in [0.1, 0.15) is 5.76 Å². The molecule has 0 bridgehead atoms. The number of aryl methyl sites for hydroxylation is 1. The van der Waals surface area contributed by atoms with E-state index in [0.717, 1.165) is 43.1 Å². The molecule has 5 nitrogen and oxygen atoms in total. The van der Waals surface area contributed by atoms with E-state index in [9.17, 15) is 4.79 Å². The first-order valence-corrected chi connectivity index (χ1v) is 8.50. The Bertz CT molecular complexity index is 744. The molecule has 24 heavy (non-hydrogen) atoms. The van der Waals surface area contributed by atoms with Crippen LogP contribution in [-0.2, 0) is 11.3 Å². The Hall–Kier alpha value is -1.85. The van der Waals surface area contributed by atoms with E-state index in [1.165, 1.54) is 0 Å². The van der Waals surface area contributed by atoms with Gasteiger partial charge >= 0.3 is 0 Å². The SMILES string of the molecule is CC(=O)N(C)C1CCN(Cc2nc(-c3ccccc3Cl)oc2C)C1. The number of aromatic nitrogens is 1. The summed E-state index contributed by atoms with van der Waals surface area (Å²) in [6.07, 6.45) is 0.990. The summed E-state index contributed by atoms with van der Waals surface area (Å²) in [6, 6.07) is 7.82. The van der Waals surface area contributed by atoms with Gasteiger partial charge in [-0.2, -0.15) is 0 Å². The Kier molecular flexibility index (Phi) is 4.92. The molecule has 6 heteroatoms. The second-order valence-corrected chi connectivity index (χ2v) is 6.72. The number of halogens is 1. The van der Waals surface area contributed by atoms with Gasteiger partial charge in [0.2, 0.25) is 11.8 Å². The summed E-state index contributed by atoms with van der Waals surface area (Å²) < 4.78 is 5.82. The molecule has 0 radical (unpaired) electrons. The Morgan fingerprint density at radius 3 is 2.92 bits per heavy atom. The average molecular weight is 348 g/mol. The molecule has 1 unspecified atom stereocenters. The first-order valence-electron chi connectivity index (χ1n) is 8.12. The highest BCUT2D eigenvalue weighted by molar-refractivity contribution is 6.33. The molecule has 1 aliphatic heterocycles. The van der Waals surface area contributed by atoms with Gasteiger partial charge in [0.05, 0.1) is 16.3 Å². The maximum absolute atomic E-state index is 11.5. The molecule has 0 spiro atoms. The number of carbonyl (C=O) groups excluding carboxylic acids is 1. The highest BCUT2D eigenvalue weighted by Crippen LogP contribution is 2.29. The van der Waals surface area contributed by atoms with Crippen LogP contribution in [0.25, 0.3) is 11.5 Å². The summed E-state index contributed by atoms with van der Waals surface area (Å²) in [5, 5.41) is 0.634. The molecule has 0 N–H and O–H groups in total. The van der Waals surface area contributed by atoms with Crippen LogP contribution in [0.5, 0.6) is 0 Å². The van der Waals surface area contributed by atoms with Gasteiger partial charge in [0, 0.05) is 39.6 Å². The number of hydrogen-bond donors (Lipinski definition) is 0. The molecular weight excluding hydrogens is 326 g/mol. The number of benzene rings is 1. The van der Waals surface area contributed by atoms with Crippen molar-refractivity contribution in [1.29, 1.82) is 0 Å². The number of oxazole rings is 1. The molecule has 0 saturated carbocycles. The van der Waals surface area contributed by atoms with E-state index in [-0.39, 0.29) is 11.9 Å². The first-order chi connectivity index (χ1) is 11.5. The normalized spacial score (nSPS) is 18.1. The van der Waals surface area contributed by atoms with Crippen LogP contribution in [-0.4, -0.2) is 46.9 Å². The quantitative estimate of drug-likeness (QED) is 0.851. The molecule has 2 heterocycles. The second kappa shape index (κ2) is 6.95. The molecule has 1 saturated heterocycles. The zero-order chi connectivity index (χ0) is 17.3. The van der Waals surface area contributed by atoms with Crippen LogP contribution in [0.2, 0.25) is 5.02 Å². The fourth-order valence-corrected chi connectivity index (χ4v) is 3.28.